The topological polar surface area (TPSA) is 147 Å². The minimum atomic E-state index is -1.70. The molecule has 1 aromatic rings. The number of rotatable bonds is 8. The number of H-pyrrole nitrogens is 1. The fraction of sp³-hybridized carbons (Fsp3) is 0.692. The fourth-order valence-electron chi connectivity index (χ4n) is 3.30. The van der Waals surface area contributed by atoms with Gasteiger partial charge in [0.2, 0.25) is 0 Å². The zero-order valence-electron chi connectivity index (χ0n) is 14.5. The first-order valence-electron chi connectivity index (χ1n) is 7.95. The molecule has 152 valence electrons. The molecule has 8 atom stereocenters. The number of nitrogens with zero attached hydrogens (tertiary/aromatic N) is 1. The summed E-state index contributed by atoms with van der Waals surface area (Å²) in [7, 11) is -0.383. The van der Waals surface area contributed by atoms with Crippen LogP contribution < -0.4 is 17.1 Å². The molecule has 0 radical (unpaired) electrons. The molecule has 2 fully saturated rings. The Bertz CT molecular complexity index is 766. The lowest BCUT2D eigenvalue weighted by Gasteiger charge is -2.25. The molecule has 27 heavy (non-hydrogen) atoms. The van der Waals surface area contributed by atoms with E-state index in [0.29, 0.717) is 6.42 Å². The monoisotopic (exact) mass is 441 g/mol. The summed E-state index contributed by atoms with van der Waals surface area (Å²) in [5.74, 6) is 5.10. The van der Waals surface area contributed by atoms with Crippen LogP contribution in [0, 0.1) is 5.92 Å². The van der Waals surface area contributed by atoms with Gasteiger partial charge in [-0.2, -0.15) is 0 Å². The molecular weight excluding hydrogens is 420 g/mol. The van der Waals surface area contributed by atoms with Crippen molar-refractivity contribution in [2.24, 2.45) is 11.8 Å². The number of hydrogen-bond donors (Lipinski definition) is 4. The van der Waals surface area contributed by atoms with Gasteiger partial charge >= 0.3 is 5.69 Å². The number of aromatic nitrogens is 2. The fourth-order valence-corrected chi connectivity index (χ4v) is 5.32. The van der Waals surface area contributed by atoms with Gasteiger partial charge in [-0.05, 0) is 12.3 Å². The quantitative estimate of drug-likeness (QED) is 0.253. The maximum Gasteiger partial charge on any atom is 0.330 e. The number of methoxy groups -OCH3 is 1. The Balaban J connectivity index is 1.90. The molecule has 2 heterocycles. The second-order valence-corrected chi connectivity index (χ2v) is 9.58. The van der Waals surface area contributed by atoms with Gasteiger partial charge in [0.15, 0.2) is 14.6 Å². The van der Waals surface area contributed by atoms with Crippen molar-refractivity contribution in [2.75, 3.05) is 14.2 Å². The molecule has 0 bridgehead atoms. The van der Waals surface area contributed by atoms with E-state index in [-0.39, 0.29) is 11.6 Å². The summed E-state index contributed by atoms with van der Waals surface area (Å²) in [6, 6.07) is 1.22. The maximum absolute atomic E-state index is 12.2. The number of nitrogens with one attached hydrogen (secondary N) is 1. The summed E-state index contributed by atoms with van der Waals surface area (Å²) in [4.78, 5) is 35.7. The van der Waals surface area contributed by atoms with Gasteiger partial charge < -0.3 is 23.4 Å². The van der Waals surface area contributed by atoms with Crippen molar-refractivity contribution in [1.29, 1.82) is 0 Å². The average Bonchev–Trinajstić information content (AvgIpc) is 3.37. The van der Waals surface area contributed by atoms with E-state index in [1.165, 1.54) is 31.0 Å². The van der Waals surface area contributed by atoms with E-state index in [4.69, 9.17) is 24.4 Å². The van der Waals surface area contributed by atoms with Gasteiger partial charge in [-0.25, -0.2) is 15.3 Å². The lowest BCUT2D eigenvalue weighted by molar-refractivity contribution is -0.0570. The van der Waals surface area contributed by atoms with Gasteiger partial charge in [0.1, 0.15) is 12.2 Å². The van der Waals surface area contributed by atoms with E-state index >= 15 is 0 Å². The van der Waals surface area contributed by atoms with Crippen LogP contribution >= 0.6 is 28.2 Å². The largest absolute Gasteiger partial charge is 0.374 e. The standard InChI is InChI=1S/C13H21N3O8P2S/c1-20-11-10(23-26(27)24-14)9(6-5-7(6)25(19)21-2)22-12(11)16-4-3-8(17)15-13(16)18/h3-4,6-7,9-12,19,27H,5,14H2,1-2H3,(H,15,17,18). The Morgan fingerprint density at radius 1 is 1.41 bits per heavy atom. The summed E-state index contributed by atoms with van der Waals surface area (Å²) < 4.78 is 28.3. The summed E-state index contributed by atoms with van der Waals surface area (Å²) in [5.41, 5.74) is -1.23. The van der Waals surface area contributed by atoms with Crippen LogP contribution in [0.3, 0.4) is 0 Å². The van der Waals surface area contributed by atoms with E-state index in [1.54, 1.807) is 0 Å². The van der Waals surface area contributed by atoms with Gasteiger partial charge in [0.05, 0.1) is 6.10 Å². The molecule has 0 amide bonds. The molecular formula is C13H21N3O8P2S. The Morgan fingerprint density at radius 2 is 2.15 bits per heavy atom. The molecule has 2 aliphatic rings. The lowest BCUT2D eigenvalue weighted by Crippen LogP contribution is -2.39. The lowest BCUT2D eigenvalue weighted by atomic mass is 10.1. The third kappa shape index (κ3) is 4.45. The molecule has 0 aromatic carbocycles. The van der Waals surface area contributed by atoms with Crippen LogP contribution in [0.1, 0.15) is 12.6 Å². The number of hydrogen-bond acceptors (Lipinski definition) is 10. The normalized spacial score (nSPS) is 35.1. The number of ether oxygens (including phenoxy) is 2. The summed E-state index contributed by atoms with van der Waals surface area (Å²) in [5, 5.41) is 0. The SMILES string of the molecule is COC1C(OP(S)ON)C(C2CC2P(O)OC)OC1n1ccc(=O)[nH]c1=O. The summed E-state index contributed by atoms with van der Waals surface area (Å²) in [6.07, 6.45) is -0.696. The predicted molar refractivity (Wildman–Crippen MR) is 100 cm³/mol. The summed E-state index contributed by atoms with van der Waals surface area (Å²) >= 11 is 4.14. The van der Waals surface area contributed by atoms with Crippen LogP contribution in [0.15, 0.2) is 21.9 Å². The maximum atomic E-state index is 12.2. The molecule has 1 saturated heterocycles. The molecule has 1 aliphatic carbocycles. The Morgan fingerprint density at radius 3 is 2.74 bits per heavy atom. The first kappa shape index (κ1) is 21.3. The minimum Gasteiger partial charge on any atom is -0.374 e. The van der Waals surface area contributed by atoms with Gasteiger partial charge in [-0.1, -0.05) is 12.2 Å². The van der Waals surface area contributed by atoms with Crippen molar-refractivity contribution in [2.45, 2.75) is 36.6 Å². The van der Waals surface area contributed by atoms with Gasteiger partial charge in [-0.3, -0.25) is 14.3 Å². The van der Waals surface area contributed by atoms with Gasteiger partial charge in [0, 0.05) is 32.1 Å². The predicted octanol–water partition coefficient (Wildman–Crippen LogP) is 0.220. The van der Waals surface area contributed by atoms with Crippen molar-refractivity contribution in [3.8, 4) is 0 Å². The third-order valence-corrected chi connectivity index (χ3v) is 7.33. The Kier molecular flexibility index (Phi) is 7.07. The summed E-state index contributed by atoms with van der Waals surface area (Å²) in [6.45, 7) is 0. The van der Waals surface area contributed by atoms with E-state index in [9.17, 15) is 14.5 Å². The smallest absolute Gasteiger partial charge is 0.330 e. The highest BCUT2D eigenvalue weighted by molar-refractivity contribution is 8.41. The van der Waals surface area contributed by atoms with E-state index in [2.05, 4.69) is 21.9 Å². The zero-order chi connectivity index (χ0) is 19.7. The molecule has 1 aliphatic heterocycles. The molecule has 0 spiro atoms. The van der Waals surface area contributed by atoms with Crippen LogP contribution in [0.25, 0.3) is 0 Å². The molecule has 8 unspecified atom stereocenters. The van der Waals surface area contributed by atoms with Crippen molar-refractivity contribution < 1.29 is 28.0 Å². The molecule has 1 aromatic heterocycles. The van der Waals surface area contributed by atoms with Crippen molar-refractivity contribution in [3.05, 3.63) is 33.1 Å². The first-order valence-corrected chi connectivity index (χ1v) is 11.6. The van der Waals surface area contributed by atoms with E-state index in [1.807, 2.05) is 0 Å². The first-order chi connectivity index (χ1) is 12.9. The molecule has 14 heteroatoms. The second-order valence-electron chi connectivity index (χ2n) is 6.07. The highest BCUT2D eigenvalue weighted by atomic mass is 32.7. The second kappa shape index (κ2) is 8.96. The minimum absolute atomic E-state index is 0.0540. The highest BCUT2D eigenvalue weighted by Crippen LogP contribution is 2.60. The van der Waals surface area contributed by atoms with Crippen LogP contribution in [-0.2, 0) is 23.1 Å². The Hall–Kier alpha value is -0.390. The van der Waals surface area contributed by atoms with Crippen LogP contribution in [0.5, 0.6) is 0 Å². The van der Waals surface area contributed by atoms with Crippen molar-refractivity contribution in [3.63, 3.8) is 0 Å². The van der Waals surface area contributed by atoms with Crippen LogP contribution in [0.2, 0.25) is 0 Å². The molecule has 3 rings (SSSR count). The van der Waals surface area contributed by atoms with Gasteiger partial charge in [-0.15, -0.1) is 0 Å². The van der Waals surface area contributed by atoms with E-state index < -0.39 is 51.7 Å². The van der Waals surface area contributed by atoms with Crippen LogP contribution in [-0.4, -0.2) is 52.6 Å². The third-order valence-electron chi connectivity index (χ3n) is 4.62. The highest BCUT2D eigenvalue weighted by Gasteiger charge is 2.59. The zero-order valence-corrected chi connectivity index (χ0v) is 17.2. The number of nitrogens with two attached hydrogens (primary N) is 1. The molecule has 11 nitrogen and oxygen atoms in total. The van der Waals surface area contributed by atoms with E-state index in [0.717, 1.165) is 0 Å². The van der Waals surface area contributed by atoms with Gasteiger partial charge in [0.25, 0.3) is 13.1 Å². The van der Waals surface area contributed by atoms with Crippen molar-refractivity contribution >= 4 is 28.2 Å². The number of aromatic amines is 1. The average molecular weight is 441 g/mol. The molecule has 4 N–H and O–H groups in total. The van der Waals surface area contributed by atoms with Crippen molar-refractivity contribution in [1.82, 2.24) is 9.55 Å². The number of thiol groups is 1. The Labute approximate surface area is 162 Å². The van der Waals surface area contributed by atoms with Crippen LogP contribution in [0.4, 0.5) is 0 Å². The molecule has 1 saturated carbocycles.